The topological polar surface area (TPSA) is 41.0 Å². The number of fused-ring (bicyclic) bond motifs is 1. The van der Waals surface area contributed by atoms with Crippen molar-refractivity contribution in [1.82, 2.24) is 15.3 Å². The van der Waals surface area contributed by atoms with Crippen LogP contribution < -0.4 is 10.2 Å². The summed E-state index contributed by atoms with van der Waals surface area (Å²) in [4.78, 5) is 11.3. The third-order valence-electron chi connectivity index (χ3n) is 4.50. The van der Waals surface area contributed by atoms with Gasteiger partial charge in [0.05, 0.1) is 0 Å². The zero-order valence-corrected chi connectivity index (χ0v) is 11.3. The summed E-state index contributed by atoms with van der Waals surface area (Å²) in [6.07, 6.45) is 3.90. The van der Waals surface area contributed by atoms with Crippen LogP contribution in [-0.4, -0.2) is 35.6 Å². The maximum absolute atomic E-state index is 4.49. The largest absolute Gasteiger partial charge is 0.353 e. The maximum atomic E-state index is 4.49. The second-order valence-electron chi connectivity index (χ2n) is 5.43. The van der Waals surface area contributed by atoms with E-state index in [1.165, 1.54) is 19.5 Å². The van der Waals surface area contributed by atoms with Crippen LogP contribution >= 0.6 is 0 Å². The number of nitrogens with zero attached hydrogens (tertiary/aromatic N) is 3. The lowest BCUT2D eigenvalue weighted by molar-refractivity contribution is 0.441. The lowest BCUT2D eigenvalue weighted by atomic mass is 9.93. The molecule has 1 aromatic heterocycles. The molecule has 2 fully saturated rings. The van der Waals surface area contributed by atoms with E-state index in [1.54, 1.807) is 6.33 Å². The van der Waals surface area contributed by atoms with E-state index < -0.39 is 0 Å². The van der Waals surface area contributed by atoms with Crippen LogP contribution in [0, 0.1) is 11.8 Å². The normalized spacial score (nSPS) is 30.8. The minimum absolute atomic E-state index is 0.643. The van der Waals surface area contributed by atoms with Crippen molar-refractivity contribution in [3.05, 3.63) is 18.1 Å². The Balaban J connectivity index is 1.86. The Kier molecular flexibility index (Phi) is 3.20. The average Bonchev–Trinajstić information content (AvgIpc) is 2.98. The van der Waals surface area contributed by atoms with Gasteiger partial charge in [0, 0.05) is 37.4 Å². The third-order valence-corrected chi connectivity index (χ3v) is 4.50. The molecule has 18 heavy (non-hydrogen) atoms. The summed E-state index contributed by atoms with van der Waals surface area (Å²) in [5.74, 6) is 2.73. The average molecular weight is 246 g/mol. The van der Waals surface area contributed by atoms with Gasteiger partial charge in [0.1, 0.15) is 12.1 Å². The molecule has 4 heteroatoms. The molecule has 0 saturated carbocycles. The first kappa shape index (κ1) is 11.9. The second kappa shape index (κ2) is 4.84. The van der Waals surface area contributed by atoms with E-state index in [2.05, 4.69) is 40.1 Å². The standard InChI is InChI=1S/C14H22N4/c1-3-11-5-14(17-9-16-11)18-8-10-6-15-7-12(10)13(18)4-2/h5,9-10,12-13,15H,3-4,6-8H2,1-2H3. The van der Waals surface area contributed by atoms with Crippen LogP contribution in [-0.2, 0) is 6.42 Å². The zero-order valence-electron chi connectivity index (χ0n) is 11.3. The molecule has 0 bridgehead atoms. The van der Waals surface area contributed by atoms with E-state index in [-0.39, 0.29) is 0 Å². The SMILES string of the molecule is CCc1cc(N2CC3CNCC3C2CC)ncn1. The summed E-state index contributed by atoms with van der Waals surface area (Å²) in [7, 11) is 0. The number of aryl methyl sites for hydroxylation is 1. The van der Waals surface area contributed by atoms with Crippen molar-refractivity contribution in [3.8, 4) is 0 Å². The number of rotatable bonds is 3. The lowest BCUT2D eigenvalue weighted by Crippen LogP contribution is -2.35. The van der Waals surface area contributed by atoms with Gasteiger partial charge in [-0.25, -0.2) is 9.97 Å². The Morgan fingerprint density at radius 1 is 1.33 bits per heavy atom. The van der Waals surface area contributed by atoms with E-state index in [9.17, 15) is 0 Å². The maximum Gasteiger partial charge on any atom is 0.132 e. The van der Waals surface area contributed by atoms with Gasteiger partial charge in [0.25, 0.3) is 0 Å². The van der Waals surface area contributed by atoms with Crippen molar-refractivity contribution in [2.75, 3.05) is 24.5 Å². The van der Waals surface area contributed by atoms with E-state index in [1.807, 2.05) is 0 Å². The molecule has 1 N–H and O–H groups in total. The van der Waals surface area contributed by atoms with Gasteiger partial charge in [0.2, 0.25) is 0 Å². The number of anilines is 1. The molecule has 3 unspecified atom stereocenters. The van der Waals surface area contributed by atoms with Crippen molar-refractivity contribution in [3.63, 3.8) is 0 Å². The van der Waals surface area contributed by atoms with Crippen LogP contribution in [0.1, 0.15) is 26.0 Å². The molecule has 0 aliphatic carbocycles. The van der Waals surface area contributed by atoms with Crippen molar-refractivity contribution in [1.29, 1.82) is 0 Å². The highest BCUT2D eigenvalue weighted by Crippen LogP contribution is 2.36. The first-order chi connectivity index (χ1) is 8.83. The minimum atomic E-state index is 0.643. The molecule has 0 spiro atoms. The van der Waals surface area contributed by atoms with Gasteiger partial charge in [-0.15, -0.1) is 0 Å². The molecular formula is C14H22N4. The Hall–Kier alpha value is -1.16. The predicted molar refractivity (Wildman–Crippen MR) is 72.7 cm³/mol. The van der Waals surface area contributed by atoms with Gasteiger partial charge < -0.3 is 10.2 Å². The first-order valence-electron chi connectivity index (χ1n) is 7.11. The van der Waals surface area contributed by atoms with Crippen molar-refractivity contribution in [2.45, 2.75) is 32.7 Å². The van der Waals surface area contributed by atoms with E-state index >= 15 is 0 Å². The summed E-state index contributed by atoms with van der Waals surface area (Å²) in [6, 6.07) is 2.81. The number of aromatic nitrogens is 2. The fourth-order valence-electron chi connectivity index (χ4n) is 3.55. The fourth-order valence-corrected chi connectivity index (χ4v) is 3.55. The number of hydrogen-bond acceptors (Lipinski definition) is 4. The molecule has 2 saturated heterocycles. The van der Waals surface area contributed by atoms with E-state index in [0.717, 1.165) is 36.3 Å². The number of hydrogen-bond donors (Lipinski definition) is 1. The fraction of sp³-hybridized carbons (Fsp3) is 0.714. The lowest BCUT2D eigenvalue weighted by Gasteiger charge is -2.28. The van der Waals surface area contributed by atoms with Gasteiger partial charge in [-0.05, 0) is 24.7 Å². The van der Waals surface area contributed by atoms with Gasteiger partial charge in [-0.2, -0.15) is 0 Å². The number of nitrogens with one attached hydrogen (secondary N) is 1. The molecule has 3 heterocycles. The van der Waals surface area contributed by atoms with Gasteiger partial charge in [-0.1, -0.05) is 13.8 Å². The highest BCUT2D eigenvalue weighted by atomic mass is 15.3. The molecule has 4 nitrogen and oxygen atoms in total. The molecular weight excluding hydrogens is 224 g/mol. The van der Waals surface area contributed by atoms with Crippen molar-refractivity contribution < 1.29 is 0 Å². The van der Waals surface area contributed by atoms with Crippen LogP contribution in [0.3, 0.4) is 0 Å². The van der Waals surface area contributed by atoms with Gasteiger partial charge >= 0.3 is 0 Å². The predicted octanol–water partition coefficient (Wildman–Crippen LogP) is 1.47. The molecule has 2 aliphatic rings. The van der Waals surface area contributed by atoms with E-state index in [0.29, 0.717) is 6.04 Å². The first-order valence-corrected chi connectivity index (χ1v) is 7.11. The Labute approximate surface area is 109 Å². The monoisotopic (exact) mass is 246 g/mol. The highest BCUT2D eigenvalue weighted by molar-refractivity contribution is 5.43. The van der Waals surface area contributed by atoms with Crippen LogP contribution in [0.2, 0.25) is 0 Å². The molecule has 0 radical (unpaired) electrons. The van der Waals surface area contributed by atoms with Crippen LogP contribution in [0.4, 0.5) is 5.82 Å². The van der Waals surface area contributed by atoms with Gasteiger partial charge in [0.15, 0.2) is 0 Å². The molecule has 98 valence electrons. The summed E-state index contributed by atoms with van der Waals surface area (Å²) in [6.45, 7) is 7.93. The zero-order chi connectivity index (χ0) is 12.5. The molecule has 3 atom stereocenters. The summed E-state index contributed by atoms with van der Waals surface area (Å²) < 4.78 is 0. The van der Waals surface area contributed by atoms with Crippen LogP contribution in [0.25, 0.3) is 0 Å². The quantitative estimate of drug-likeness (QED) is 0.877. The van der Waals surface area contributed by atoms with Crippen molar-refractivity contribution >= 4 is 5.82 Å². The molecule has 1 aromatic rings. The van der Waals surface area contributed by atoms with Crippen LogP contribution in [0.5, 0.6) is 0 Å². The summed E-state index contributed by atoms with van der Waals surface area (Å²) in [5, 5.41) is 3.52. The Bertz CT molecular complexity index is 420. The Morgan fingerprint density at radius 2 is 2.22 bits per heavy atom. The molecule has 2 aliphatic heterocycles. The van der Waals surface area contributed by atoms with Crippen LogP contribution in [0.15, 0.2) is 12.4 Å². The molecule has 0 aromatic carbocycles. The van der Waals surface area contributed by atoms with E-state index in [4.69, 9.17) is 0 Å². The minimum Gasteiger partial charge on any atom is -0.353 e. The third kappa shape index (κ3) is 1.88. The second-order valence-corrected chi connectivity index (χ2v) is 5.43. The summed E-state index contributed by atoms with van der Waals surface area (Å²) >= 11 is 0. The van der Waals surface area contributed by atoms with Crippen molar-refractivity contribution in [2.24, 2.45) is 11.8 Å². The summed E-state index contributed by atoms with van der Waals surface area (Å²) in [5.41, 5.74) is 1.14. The Morgan fingerprint density at radius 3 is 3.00 bits per heavy atom. The van der Waals surface area contributed by atoms with Gasteiger partial charge in [-0.3, -0.25) is 0 Å². The smallest absolute Gasteiger partial charge is 0.132 e. The molecule has 3 rings (SSSR count). The highest BCUT2D eigenvalue weighted by Gasteiger charge is 2.43. The molecule has 0 amide bonds.